The Balaban J connectivity index is 3.29. The van der Waals surface area contributed by atoms with Crippen molar-refractivity contribution in [3.8, 4) is 11.8 Å². The summed E-state index contributed by atoms with van der Waals surface area (Å²) in [6, 6.07) is 3.78. The first-order chi connectivity index (χ1) is 7.99. The fourth-order valence-corrected chi connectivity index (χ4v) is 1.29. The first kappa shape index (κ1) is 13.2. The molecule has 0 aliphatic rings. The highest BCUT2D eigenvalue weighted by Crippen LogP contribution is 2.31. The van der Waals surface area contributed by atoms with Crippen LogP contribution in [0.15, 0.2) is 12.1 Å². The fourth-order valence-electron chi connectivity index (χ4n) is 1.10. The van der Waals surface area contributed by atoms with Crippen LogP contribution in [0, 0.1) is 11.3 Å². The average Bonchev–Trinajstić information content (AvgIpc) is 2.30. The molecule has 0 aliphatic heterocycles. The Morgan fingerprint density at radius 1 is 1.53 bits per heavy atom. The summed E-state index contributed by atoms with van der Waals surface area (Å²) in [5, 5.41) is 8.45. The van der Waals surface area contributed by atoms with Gasteiger partial charge in [0.2, 0.25) is 0 Å². The molecular formula is C10H6ClF2NO3. The number of carbonyl (C=O) groups is 1. The zero-order chi connectivity index (χ0) is 13.0. The lowest BCUT2D eigenvalue weighted by Crippen LogP contribution is -2.06. The predicted octanol–water partition coefficient (Wildman–Crippen LogP) is 2.60. The number of hydrogen-bond donors (Lipinski definition) is 0. The van der Waals surface area contributed by atoms with E-state index in [1.165, 1.54) is 0 Å². The van der Waals surface area contributed by atoms with E-state index < -0.39 is 18.3 Å². The summed E-state index contributed by atoms with van der Waals surface area (Å²) in [6.07, 6.45) is 0. The molecule has 1 aromatic rings. The maximum atomic E-state index is 12.1. The molecule has 0 heterocycles. The Morgan fingerprint density at radius 3 is 2.65 bits per heavy atom. The minimum atomic E-state index is -3.10. The number of methoxy groups -OCH3 is 1. The normalized spacial score (nSPS) is 9.88. The van der Waals surface area contributed by atoms with Gasteiger partial charge in [-0.3, -0.25) is 0 Å². The van der Waals surface area contributed by atoms with Gasteiger partial charge in [0.05, 0.1) is 18.2 Å². The molecule has 1 rings (SSSR count). The van der Waals surface area contributed by atoms with Crippen molar-refractivity contribution in [2.24, 2.45) is 0 Å². The van der Waals surface area contributed by atoms with Gasteiger partial charge in [-0.25, -0.2) is 4.79 Å². The summed E-state index contributed by atoms with van der Waals surface area (Å²) in [7, 11) is 1.12. The number of ether oxygens (including phenoxy) is 2. The molecule has 0 saturated carbocycles. The van der Waals surface area contributed by atoms with E-state index in [1.54, 1.807) is 6.07 Å². The summed E-state index contributed by atoms with van der Waals surface area (Å²) < 4.78 is 32.6. The van der Waals surface area contributed by atoms with Crippen LogP contribution in [0.3, 0.4) is 0 Å². The van der Waals surface area contributed by atoms with Gasteiger partial charge in [-0.1, -0.05) is 11.6 Å². The van der Waals surface area contributed by atoms with E-state index >= 15 is 0 Å². The second kappa shape index (κ2) is 5.46. The van der Waals surface area contributed by atoms with Crippen molar-refractivity contribution in [3.05, 3.63) is 28.3 Å². The minimum absolute atomic E-state index is 0.0934. The Hall–Kier alpha value is -1.87. The van der Waals surface area contributed by atoms with Crippen molar-refractivity contribution in [2.75, 3.05) is 7.11 Å². The maximum absolute atomic E-state index is 12.1. The third-order valence-electron chi connectivity index (χ3n) is 1.80. The van der Waals surface area contributed by atoms with E-state index in [1.807, 2.05) is 0 Å². The number of benzene rings is 1. The van der Waals surface area contributed by atoms with Crippen LogP contribution < -0.4 is 4.74 Å². The van der Waals surface area contributed by atoms with E-state index in [-0.39, 0.29) is 16.1 Å². The molecule has 90 valence electrons. The number of alkyl halides is 2. The Morgan fingerprint density at radius 2 is 2.18 bits per heavy atom. The van der Waals surface area contributed by atoms with Gasteiger partial charge in [-0.15, -0.1) is 0 Å². The van der Waals surface area contributed by atoms with Crippen molar-refractivity contribution in [1.82, 2.24) is 0 Å². The largest absolute Gasteiger partial charge is 0.465 e. The molecule has 0 radical (unpaired) electrons. The zero-order valence-electron chi connectivity index (χ0n) is 8.54. The quantitative estimate of drug-likeness (QED) is 0.785. The van der Waals surface area contributed by atoms with Crippen LogP contribution in [0.25, 0.3) is 0 Å². The molecule has 0 N–H and O–H groups in total. The Labute approximate surface area is 100 Å². The minimum Gasteiger partial charge on any atom is -0.465 e. The van der Waals surface area contributed by atoms with E-state index in [0.29, 0.717) is 0 Å². The van der Waals surface area contributed by atoms with Crippen molar-refractivity contribution >= 4 is 17.6 Å². The van der Waals surface area contributed by atoms with Gasteiger partial charge in [0.1, 0.15) is 16.8 Å². The lowest BCUT2D eigenvalue weighted by molar-refractivity contribution is -0.0498. The first-order valence-corrected chi connectivity index (χ1v) is 4.64. The average molecular weight is 262 g/mol. The van der Waals surface area contributed by atoms with Crippen molar-refractivity contribution < 1.29 is 23.0 Å². The number of hydrogen-bond acceptors (Lipinski definition) is 4. The van der Waals surface area contributed by atoms with Gasteiger partial charge >= 0.3 is 12.6 Å². The van der Waals surface area contributed by atoms with Crippen LogP contribution in [0.2, 0.25) is 5.02 Å². The van der Waals surface area contributed by atoms with Crippen LogP contribution in [0.5, 0.6) is 5.75 Å². The van der Waals surface area contributed by atoms with Crippen molar-refractivity contribution in [1.29, 1.82) is 5.26 Å². The maximum Gasteiger partial charge on any atom is 0.387 e. The summed E-state index contributed by atoms with van der Waals surface area (Å²) in [6.45, 7) is -3.10. The highest BCUT2D eigenvalue weighted by molar-refractivity contribution is 6.33. The SMILES string of the molecule is COC(=O)c1cc(C#N)c(Cl)c(OC(F)F)c1. The van der Waals surface area contributed by atoms with Crippen LogP contribution in [-0.4, -0.2) is 19.7 Å². The second-order valence-corrected chi connectivity index (χ2v) is 3.20. The predicted molar refractivity (Wildman–Crippen MR) is 54.1 cm³/mol. The molecule has 4 nitrogen and oxygen atoms in total. The van der Waals surface area contributed by atoms with Gasteiger partial charge in [0.25, 0.3) is 0 Å². The summed E-state index contributed by atoms with van der Waals surface area (Å²) in [5.41, 5.74) is -0.241. The zero-order valence-corrected chi connectivity index (χ0v) is 9.29. The number of halogens is 3. The number of carbonyl (C=O) groups excluding carboxylic acids is 1. The third-order valence-corrected chi connectivity index (χ3v) is 2.19. The standard InChI is InChI=1S/C10H6ClF2NO3/c1-16-9(15)5-2-6(4-14)8(11)7(3-5)17-10(12)13/h2-3,10H,1H3. The Kier molecular flexibility index (Phi) is 4.24. The molecule has 0 unspecified atom stereocenters. The molecule has 0 spiro atoms. The molecule has 0 aliphatic carbocycles. The Bertz CT molecular complexity index is 485. The number of esters is 1. The van der Waals surface area contributed by atoms with E-state index in [4.69, 9.17) is 16.9 Å². The third kappa shape index (κ3) is 3.04. The lowest BCUT2D eigenvalue weighted by atomic mass is 10.1. The van der Waals surface area contributed by atoms with E-state index in [2.05, 4.69) is 9.47 Å². The smallest absolute Gasteiger partial charge is 0.387 e. The molecule has 0 bridgehead atoms. The van der Waals surface area contributed by atoms with E-state index in [9.17, 15) is 13.6 Å². The molecule has 17 heavy (non-hydrogen) atoms. The van der Waals surface area contributed by atoms with Crippen molar-refractivity contribution in [3.63, 3.8) is 0 Å². The number of nitrogens with zero attached hydrogens (tertiary/aromatic N) is 1. The van der Waals surface area contributed by atoms with Crippen LogP contribution in [0.1, 0.15) is 15.9 Å². The number of nitriles is 1. The van der Waals surface area contributed by atoms with Crippen LogP contribution in [-0.2, 0) is 4.74 Å². The summed E-state index contributed by atoms with van der Waals surface area (Å²) in [4.78, 5) is 11.2. The van der Waals surface area contributed by atoms with Crippen molar-refractivity contribution in [2.45, 2.75) is 6.61 Å². The molecule has 0 amide bonds. The summed E-state index contributed by atoms with van der Waals surface area (Å²) in [5.74, 6) is -1.22. The second-order valence-electron chi connectivity index (χ2n) is 2.82. The van der Waals surface area contributed by atoms with Gasteiger partial charge in [-0.2, -0.15) is 14.0 Å². The lowest BCUT2D eigenvalue weighted by Gasteiger charge is -2.09. The first-order valence-electron chi connectivity index (χ1n) is 4.26. The monoisotopic (exact) mass is 261 g/mol. The van der Waals surface area contributed by atoms with Crippen LogP contribution in [0.4, 0.5) is 8.78 Å². The molecule has 0 aromatic heterocycles. The molecule has 1 aromatic carbocycles. The fraction of sp³-hybridized carbons (Fsp3) is 0.200. The molecule has 0 saturated heterocycles. The molecule has 7 heteroatoms. The van der Waals surface area contributed by atoms with E-state index in [0.717, 1.165) is 19.2 Å². The topological polar surface area (TPSA) is 59.3 Å². The van der Waals surface area contributed by atoms with Gasteiger partial charge in [0, 0.05) is 0 Å². The molecule has 0 fully saturated rings. The van der Waals surface area contributed by atoms with Crippen LogP contribution >= 0.6 is 11.6 Å². The highest BCUT2D eigenvalue weighted by atomic mass is 35.5. The van der Waals surface area contributed by atoms with Gasteiger partial charge in [0.15, 0.2) is 0 Å². The molecular weight excluding hydrogens is 256 g/mol. The van der Waals surface area contributed by atoms with Gasteiger partial charge < -0.3 is 9.47 Å². The highest BCUT2D eigenvalue weighted by Gasteiger charge is 2.17. The molecule has 0 atom stereocenters. The van der Waals surface area contributed by atoms with Gasteiger partial charge in [-0.05, 0) is 12.1 Å². The number of rotatable bonds is 3. The summed E-state index contributed by atoms with van der Waals surface area (Å²) >= 11 is 5.64.